The summed E-state index contributed by atoms with van der Waals surface area (Å²) in [7, 11) is 0. The molecule has 0 aromatic heterocycles. The van der Waals surface area contributed by atoms with Gasteiger partial charge in [-0.05, 0) is 19.4 Å². The summed E-state index contributed by atoms with van der Waals surface area (Å²) in [6, 6.07) is 0. The molecule has 4 heteroatoms. The first-order valence-electron chi connectivity index (χ1n) is 8.09. The van der Waals surface area contributed by atoms with Crippen molar-refractivity contribution in [2.24, 2.45) is 11.7 Å². The molecule has 0 saturated carbocycles. The summed E-state index contributed by atoms with van der Waals surface area (Å²) < 4.78 is 0. The number of nitrogens with two attached hydrogens (primary N) is 1. The first-order valence-corrected chi connectivity index (χ1v) is 8.09. The van der Waals surface area contributed by atoms with Gasteiger partial charge in [-0.3, -0.25) is 9.59 Å². The molecule has 1 atom stereocenters. The highest BCUT2D eigenvalue weighted by Crippen LogP contribution is 2.13. The Balaban J connectivity index is 3.53. The lowest BCUT2D eigenvalue weighted by atomic mass is 9.95. The zero-order valence-electron chi connectivity index (χ0n) is 12.9. The van der Waals surface area contributed by atoms with E-state index in [0.29, 0.717) is 6.42 Å². The number of carboxylic acid groups (broad SMARTS) is 1. The lowest BCUT2D eigenvalue weighted by Gasteiger charge is -2.09. The van der Waals surface area contributed by atoms with Crippen LogP contribution in [0.15, 0.2) is 0 Å². The maximum atomic E-state index is 11.7. The Labute approximate surface area is 123 Å². The van der Waals surface area contributed by atoms with Gasteiger partial charge in [0.05, 0.1) is 0 Å². The summed E-state index contributed by atoms with van der Waals surface area (Å²) in [5.74, 6) is -2.09. The fraction of sp³-hybridized carbons (Fsp3) is 0.875. The van der Waals surface area contributed by atoms with Gasteiger partial charge in [-0.1, -0.05) is 58.3 Å². The molecular formula is C16H31NO3. The molecule has 0 saturated heterocycles. The van der Waals surface area contributed by atoms with E-state index in [1.807, 2.05) is 0 Å². The zero-order chi connectivity index (χ0) is 15.2. The molecule has 20 heavy (non-hydrogen) atoms. The third-order valence-corrected chi connectivity index (χ3v) is 3.67. The maximum absolute atomic E-state index is 11.7. The van der Waals surface area contributed by atoms with Gasteiger partial charge in [0.1, 0.15) is 11.7 Å². The Morgan fingerprint density at radius 2 is 1.45 bits per heavy atom. The number of rotatable bonds is 14. The van der Waals surface area contributed by atoms with E-state index in [0.717, 1.165) is 19.3 Å². The number of hydrogen-bond acceptors (Lipinski definition) is 3. The minimum atomic E-state index is -1.03. The standard InChI is InChI=1S/C16H31NO3/c1-2-3-4-5-6-7-8-9-10-11-15(18)14(12-13-17)16(19)20/h14H,2-13,17H2,1H3,(H,19,20). The van der Waals surface area contributed by atoms with Crippen molar-refractivity contribution in [3.8, 4) is 0 Å². The Hall–Kier alpha value is -0.900. The molecule has 3 N–H and O–H groups in total. The van der Waals surface area contributed by atoms with Crippen molar-refractivity contribution >= 4 is 11.8 Å². The van der Waals surface area contributed by atoms with Crippen LogP contribution in [0.2, 0.25) is 0 Å². The summed E-state index contributed by atoms with van der Waals surface area (Å²) in [5, 5.41) is 8.94. The smallest absolute Gasteiger partial charge is 0.314 e. The van der Waals surface area contributed by atoms with Crippen molar-refractivity contribution in [3.05, 3.63) is 0 Å². The van der Waals surface area contributed by atoms with Crippen LogP contribution in [0, 0.1) is 5.92 Å². The molecule has 0 radical (unpaired) electrons. The van der Waals surface area contributed by atoms with Gasteiger partial charge in [-0.25, -0.2) is 0 Å². The summed E-state index contributed by atoms with van der Waals surface area (Å²) in [6.45, 7) is 2.46. The number of ketones is 1. The quantitative estimate of drug-likeness (QED) is 0.378. The predicted molar refractivity (Wildman–Crippen MR) is 81.6 cm³/mol. The lowest BCUT2D eigenvalue weighted by Crippen LogP contribution is -2.26. The van der Waals surface area contributed by atoms with Crippen LogP contribution in [0.4, 0.5) is 0 Å². The maximum Gasteiger partial charge on any atom is 0.314 e. The van der Waals surface area contributed by atoms with Gasteiger partial charge in [-0.2, -0.15) is 0 Å². The molecule has 0 amide bonds. The van der Waals surface area contributed by atoms with Gasteiger partial charge in [0, 0.05) is 6.42 Å². The van der Waals surface area contributed by atoms with Crippen molar-refractivity contribution in [2.75, 3.05) is 6.54 Å². The Bertz CT molecular complexity index is 266. The lowest BCUT2D eigenvalue weighted by molar-refractivity contribution is -0.146. The van der Waals surface area contributed by atoms with E-state index >= 15 is 0 Å². The average Bonchev–Trinajstić information content (AvgIpc) is 2.42. The molecule has 118 valence electrons. The number of unbranched alkanes of at least 4 members (excludes halogenated alkanes) is 8. The van der Waals surface area contributed by atoms with E-state index in [2.05, 4.69) is 6.92 Å². The summed E-state index contributed by atoms with van der Waals surface area (Å²) >= 11 is 0. The molecule has 0 heterocycles. The SMILES string of the molecule is CCCCCCCCCCCC(=O)C(CCN)C(=O)O. The van der Waals surface area contributed by atoms with Crippen LogP contribution in [0.1, 0.15) is 77.6 Å². The molecule has 0 fully saturated rings. The molecule has 0 rings (SSSR count). The number of Topliss-reactive ketones (excluding diaryl/α,β-unsaturated/α-hetero) is 1. The topological polar surface area (TPSA) is 80.4 Å². The highest BCUT2D eigenvalue weighted by molar-refractivity contribution is 5.98. The van der Waals surface area contributed by atoms with Gasteiger partial charge in [0.15, 0.2) is 0 Å². The number of carboxylic acids is 1. The molecule has 0 bridgehead atoms. The fourth-order valence-corrected chi connectivity index (χ4v) is 2.37. The van der Waals surface area contributed by atoms with E-state index in [-0.39, 0.29) is 18.7 Å². The zero-order valence-corrected chi connectivity index (χ0v) is 12.9. The molecule has 0 aliphatic carbocycles. The monoisotopic (exact) mass is 285 g/mol. The molecule has 0 aliphatic heterocycles. The molecule has 1 unspecified atom stereocenters. The van der Waals surface area contributed by atoms with Gasteiger partial charge in [-0.15, -0.1) is 0 Å². The van der Waals surface area contributed by atoms with Crippen LogP contribution in [-0.2, 0) is 9.59 Å². The Kier molecular flexibility index (Phi) is 12.5. The number of carbonyl (C=O) groups is 2. The highest BCUT2D eigenvalue weighted by Gasteiger charge is 2.24. The minimum Gasteiger partial charge on any atom is -0.481 e. The number of aliphatic carboxylic acids is 1. The van der Waals surface area contributed by atoms with Crippen LogP contribution in [0.25, 0.3) is 0 Å². The fourth-order valence-electron chi connectivity index (χ4n) is 2.37. The average molecular weight is 285 g/mol. The third kappa shape index (κ3) is 9.96. The second-order valence-electron chi connectivity index (χ2n) is 5.51. The van der Waals surface area contributed by atoms with Crippen molar-refractivity contribution in [1.29, 1.82) is 0 Å². The molecule has 0 aromatic rings. The van der Waals surface area contributed by atoms with Gasteiger partial charge in [0.25, 0.3) is 0 Å². The third-order valence-electron chi connectivity index (χ3n) is 3.67. The second kappa shape index (κ2) is 13.1. The van der Waals surface area contributed by atoms with Gasteiger partial charge < -0.3 is 10.8 Å². The Morgan fingerprint density at radius 1 is 0.950 bits per heavy atom. The van der Waals surface area contributed by atoms with E-state index in [9.17, 15) is 9.59 Å². The van der Waals surface area contributed by atoms with E-state index in [4.69, 9.17) is 10.8 Å². The minimum absolute atomic E-state index is 0.161. The molecule has 0 aromatic carbocycles. The number of carbonyl (C=O) groups excluding carboxylic acids is 1. The van der Waals surface area contributed by atoms with E-state index in [1.165, 1.54) is 38.5 Å². The predicted octanol–water partition coefficient (Wildman–Crippen LogP) is 3.53. The summed E-state index contributed by atoms with van der Waals surface area (Å²) in [4.78, 5) is 22.7. The molecular weight excluding hydrogens is 254 g/mol. The van der Waals surface area contributed by atoms with Crippen LogP contribution in [0.5, 0.6) is 0 Å². The summed E-state index contributed by atoms with van der Waals surface area (Å²) in [5.41, 5.74) is 5.33. The van der Waals surface area contributed by atoms with Crippen molar-refractivity contribution in [1.82, 2.24) is 0 Å². The molecule has 4 nitrogen and oxygen atoms in total. The van der Waals surface area contributed by atoms with Crippen LogP contribution in [0.3, 0.4) is 0 Å². The number of hydrogen-bond donors (Lipinski definition) is 2. The van der Waals surface area contributed by atoms with Gasteiger partial charge >= 0.3 is 5.97 Å². The van der Waals surface area contributed by atoms with Crippen LogP contribution in [-0.4, -0.2) is 23.4 Å². The van der Waals surface area contributed by atoms with Crippen molar-refractivity contribution in [3.63, 3.8) is 0 Å². The van der Waals surface area contributed by atoms with E-state index < -0.39 is 11.9 Å². The largest absolute Gasteiger partial charge is 0.481 e. The molecule has 0 aliphatic rings. The van der Waals surface area contributed by atoms with E-state index in [1.54, 1.807) is 0 Å². The highest BCUT2D eigenvalue weighted by atomic mass is 16.4. The summed E-state index contributed by atoms with van der Waals surface area (Å²) in [6.07, 6.45) is 11.4. The first-order chi connectivity index (χ1) is 9.63. The van der Waals surface area contributed by atoms with Gasteiger partial charge in [0.2, 0.25) is 0 Å². The first kappa shape index (κ1) is 19.1. The second-order valence-corrected chi connectivity index (χ2v) is 5.51. The van der Waals surface area contributed by atoms with Crippen molar-refractivity contribution < 1.29 is 14.7 Å². The Morgan fingerprint density at radius 3 is 1.90 bits per heavy atom. The van der Waals surface area contributed by atoms with Crippen LogP contribution >= 0.6 is 0 Å². The van der Waals surface area contributed by atoms with Crippen LogP contribution < -0.4 is 5.73 Å². The van der Waals surface area contributed by atoms with Crippen molar-refractivity contribution in [2.45, 2.75) is 77.6 Å². The normalized spacial score (nSPS) is 12.3. The molecule has 0 spiro atoms.